The van der Waals surface area contributed by atoms with Gasteiger partial charge in [-0.2, -0.15) is 0 Å². The van der Waals surface area contributed by atoms with Crippen LogP contribution in [0.5, 0.6) is 5.75 Å². The van der Waals surface area contributed by atoms with Crippen molar-refractivity contribution in [2.24, 2.45) is 5.41 Å². The van der Waals surface area contributed by atoms with Crippen LogP contribution in [0.15, 0.2) is 90.0 Å². The minimum Gasteiger partial charge on any atom is -0.492 e. The van der Waals surface area contributed by atoms with Crippen LogP contribution < -0.4 is 20.3 Å². The van der Waals surface area contributed by atoms with Crippen LogP contribution in [0.25, 0.3) is 11.3 Å². The first kappa shape index (κ1) is 30.8. The Morgan fingerprint density at radius 3 is 2.40 bits per heavy atom. The number of hydrogen-bond acceptors (Lipinski definition) is 7. The summed E-state index contributed by atoms with van der Waals surface area (Å²) in [6.45, 7) is 3.08. The molecule has 3 aromatic carbocycles. The van der Waals surface area contributed by atoms with E-state index >= 15 is 0 Å². The van der Waals surface area contributed by atoms with Crippen molar-refractivity contribution in [1.29, 1.82) is 0 Å². The summed E-state index contributed by atoms with van der Waals surface area (Å²) in [5.41, 5.74) is 2.52. The molecular weight excluding hydrogens is 603 g/mol. The number of hydroxylamine groups is 1. The quantitative estimate of drug-likeness (QED) is 0.124. The Balaban J connectivity index is 1.47. The van der Waals surface area contributed by atoms with E-state index in [0.717, 1.165) is 0 Å². The lowest BCUT2D eigenvalue weighted by molar-refractivity contribution is -0.139. The fourth-order valence-corrected chi connectivity index (χ4v) is 5.33. The lowest BCUT2D eigenvalue weighted by atomic mass is 9.94. The van der Waals surface area contributed by atoms with Gasteiger partial charge in [-0.3, -0.25) is 24.5 Å². The van der Waals surface area contributed by atoms with Gasteiger partial charge in [-0.1, -0.05) is 35.3 Å². The highest BCUT2D eigenvalue weighted by molar-refractivity contribution is 7.92. The number of pyridine rings is 1. The normalized spacial score (nSPS) is 11.5. The highest BCUT2D eigenvalue weighted by atomic mass is 35.5. The van der Waals surface area contributed by atoms with E-state index in [1.807, 2.05) is 6.07 Å². The smallest absolute Gasteiger partial charge is 0.261 e. The second-order valence-corrected chi connectivity index (χ2v) is 12.2. The standard InChI is InChI=1S/C29H26Cl2N4O6S/c1-29(2,28(37)34-38)17-41-20-7-5-6-19(14-20)35-42(39,40)21-10-11-22(25(31)16-21)27(36)33-18-9-12-24(30)23(15-18)26-8-3-4-13-32-26/h3-16,35,38H,17H2,1-2H3,(H,33,36)(H,34,37). The molecule has 0 fully saturated rings. The van der Waals surface area contributed by atoms with Crippen molar-refractivity contribution in [1.82, 2.24) is 10.5 Å². The molecule has 0 atom stereocenters. The van der Waals surface area contributed by atoms with Crippen LogP contribution in [0, 0.1) is 5.41 Å². The van der Waals surface area contributed by atoms with Gasteiger partial charge in [0.25, 0.3) is 21.8 Å². The number of benzene rings is 3. The maximum atomic E-state index is 13.1. The van der Waals surface area contributed by atoms with Crippen molar-refractivity contribution in [3.05, 3.63) is 101 Å². The Labute approximate surface area is 252 Å². The van der Waals surface area contributed by atoms with Crippen LogP contribution in [0.2, 0.25) is 10.0 Å². The molecule has 4 aromatic rings. The first-order chi connectivity index (χ1) is 19.9. The second kappa shape index (κ2) is 12.8. The van der Waals surface area contributed by atoms with Gasteiger partial charge in [-0.05, 0) is 74.5 Å². The van der Waals surface area contributed by atoms with Gasteiger partial charge in [0.1, 0.15) is 12.4 Å². The van der Waals surface area contributed by atoms with Gasteiger partial charge >= 0.3 is 0 Å². The summed E-state index contributed by atoms with van der Waals surface area (Å²) in [6, 6.07) is 20.2. The molecule has 0 saturated heterocycles. The highest BCUT2D eigenvalue weighted by Gasteiger charge is 2.28. The number of sulfonamides is 1. The van der Waals surface area contributed by atoms with E-state index in [4.69, 9.17) is 33.1 Å². The molecule has 0 aliphatic carbocycles. The van der Waals surface area contributed by atoms with Crippen LogP contribution in [0.3, 0.4) is 0 Å². The summed E-state index contributed by atoms with van der Waals surface area (Å²) in [5, 5.41) is 12.0. The number of carbonyl (C=O) groups excluding carboxylic acids is 2. The maximum Gasteiger partial charge on any atom is 0.261 e. The van der Waals surface area contributed by atoms with Gasteiger partial charge in [0.05, 0.1) is 37.3 Å². The summed E-state index contributed by atoms with van der Waals surface area (Å²) in [6.07, 6.45) is 1.63. The molecule has 0 aliphatic heterocycles. The first-order valence-corrected chi connectivity index (χ1v) is 14.7. The third-order valence-electron chi connectivity index (χ3n) is 6.06. The molecule has 0 aliphatic rings. The minimum absolute atomic E-state index is 0.0647. The molecule has 0 saturated carbocycles. The number of halogens is 2. The number of aromatic nitrogens is 1. The predicted molar refractivity (Wildman–Crippen MR) is 161 cm³/mol. The van der Waals surface area contributed by atoms with Gasteiger partial charge in [0.2, 0.25) is 0 Å². The van der Waals surface area contributed by atoms with Crippen molar-refractivity contribution in [2.75, 3.05) is 16.6 Å². The van der Waals surface area contributed by atoms with Crippen molar-refractivity contribution in [2.45, 2.75) is 18.7 Å². The summed E-state index contributed by atoms with van der Waals surface area (Å²) in [7, 11) is -4.10. The average Bonchev–Trinajstić information content (AvgIpc) is 2.97. The van der Waals surface area contributed by atoms with Crippen molar-refractivity contribution in [3.63, 3.8) is 0 Å². The first-order valence-electron chi connectivity index (χ1n) is 12.4. The summed E-state index contributed by atoms with van der Waals surface area (Å²) < 4.78 is 34.2. The van der Waals surface area contributed by atoms with Crippen molar-refractivity contribution >= 4 is 56.4 Å². The number of nitrogens with one attached hydrogen (secondary N) is 3. The Kier molecular flexibility index (Phi) is 9.37. The largest absolute Gasteiger partial charge is 0.492 e. The number of anilines is 2. The van der Waals surface area contributed by atoms with Crippen LogP contribution in [-0.2, 0) is 14.8 Å². The molecule has 1 heterocycles. The minimum atomic E-state index is -4.10. The Hall–Kier alpha value is -4.16. The van der Waals surface area contributed by atoms with E-state index in [-0.39, 0.29) is 27.8 Å². The monoisotopic (exact) mass is 628 g/mol. The van der Waals surface area contributed by atoms with E-state index in [1.54, 1.807) is 68.0 Å². The van der Waals surface area contributed by atoms with Crippen molar-refractivity contribution in [3.8, 4) is 17.0 Å². The molecule has 4 N–H and O–H groups in total. The lowest BCUT2D eigenvalue weighted by Gasteiger charge is -2.22. The Morgan fingerprint density at radius 2 is 1.71 bits per heavy atom. The van der Waals surface area contributed by atoms with Gasteiger partial charge in [0.15, 0.2) is 0 Å². The predicted octanol–water partition coefficient (Wildman–Crippen LogP) is 6.02. The number of carbonyl (C=O) groups is 2. The Morgan fingerprint density at radius 1 is 0.929 bits per heavy atom. The molecule has 10 nitrogen and oxygen atoms in total. The van der Waals surface area contributed by atoms with Crippen LogP contribution in [0.1, 0.15) is 24.2 Å². The van der Waals surface area contributed by atoms with Crippen LogP contribution in [-0.4, -0.2) is 37.0 Å². The number of amides is 2. The molecule has 2 amide bonds. The molecule has 218 valence electrons. The highest BCUT2D eigenvalue weighted by Crippen LogP contribution is 2.30. The average molecular weight is 630 g/mol. The number of rotatable bonds is 10. The van der Waals surface area contributed by atoms with E-state index < -0.39 is 27.3 Å². The SMILES string of the molecule is CC(C)(COc1cccc(NS(=O)(=O)c2ccc(C(=O)Nc3ccc(Cl)c(-c4ccccn4)c3)c(Cl)c2)c1)C(=O)NO. The molecule has 4 rings (SSSR count). The van der Waals surface area contributed by atoms with E-state index in [2.05, 4.69) is 15.0 Å². The number of nitrogens with zero attached hydrogens (tertiary/aromatic N) is 1. The van der Waals surface area contributed by atoms with Crippen LogP contribution in [0.4, 0.5) is 11.4 Å². The third kappa shape index (κ3) is 7.37. The lowest BCUT2D eigenvalue weighted by Crippen LogP contribution is -2.39. The summed E-state index contributed by atoms with van der Waals surface area (Å²) >= 11 is 12.7. The molecular formula is C29H26Cl2N4O6S. The zero-order chi connectivity index (χ0) is 30.5. The van der Waals surface area contributed by atoms with E-state index in [0.29, 0.717) is 27.7 Å². The topological polar surface area (TPSA) is 147 Å². The zero-order valence-corrected chi connectivity index (χ0v) is 24.7. The molecule has 1 aromatic heterocycles. The molecule has 0 radical (unpaired) electrons. The molecule has 0 bridgehead atoms. The summed E-state index contributed by atoms with van der Waals surface area (Å²) in [5.74, 6) is -0.878. The van der Waals surface area contributed by atoms with Gasteiger partial charge < -0.3 is 10.1 Å². The van der Waals surface area contributed by atoms with Gasteiger partial charge in [0, 0.05) is 23.5 Å². The third-order valence-corrected chi connectivity index (χ3v) is 8.08. The zero-order valence-electron chi connectivity index (χ0n) is 22.4. The fraction of sp³-hybridized carbons (Fsp3) is 0.138. The van der Waals surface area contributed by atoms with Gasteiger partial charge in [-0.25, -0.2) is 13.9 Å². The molecule has 13 heteroatoms. The molecule has 0 spiro atoms. The van der Waals surface area contributed by atoms with Gasteiger partial charge in [-0.15, -0.1) is 0 Å². The maximum absolute atomic E-state index is 13.1. The molecule has 0 unspecified atom stereocenters. The van der Waals surface area contributed by atoms with Crippen molar-refractivity contribution < 1.29 is 28.0 Å². The summed E-state index contributed by atoms with van der Waals surface area (Å²) in [4.78, 5) is 28.9. The number of ether oxygens (including phenoxy) is 1. The van der Waals surface area contributed by atoms with Crippen LogP contribution >= 0.6 is 23.2 Å². The second-order valence-electron chi connectivity index (χ2n) is 9.75. The van der Waals surface area contributed by atoms with E-state index in [1.165, 1.54) is 30.3 Å². The fourth-order valence-electron chi connectivity index (χ4n) is 3.71. The number of hydrogen-bond donors (Lipinski definition) is 4. The Bertz CT molecular complexity index is 1730. The molecule has 42 heavy (non-hydrogen) atoms. The van der Waals surface area contributed by atoms with E-state index in [9.17, 15) is 18.0 Å².